The lowest BCUT2D eigenvalue weighted by Crippen LogP contribution is -2.47. The number of carbonyl (C=O) groups is 4. The van der Waals surface area contributed by atoms with E-state index in [1.54, 1.807) is 13.8 Å². The highest BCUT2D eigenvalue weighted by Gasteiger charge is 2.24. The minimum Gasteiger partial charge on any atom is -0.461 e. The van der Waals surface area contributed by atoms with E-state index in [9.17, 15) is 19.2 Å². The first-order valence-corrected chi connectivity index (χ1v) is 11.0. The van der Waals surface area contributed by atoms with Crippen molar-refractivity contribution in [3.63, 3.8) is 0 Å². The van der Waals surface area contributed by atoms with Gasteiger partial charge in [-0.05, 0) is 38.8 Å². The van der Waals surface area contributed by atoms with E-state index >= 15 is 0 Å². The Bertz CT molecular complexity index is 975. The fourth-order valence-corrected chi connectivity index (χ4v) is 2.78. The molecule has 33 heavy (non-hydrogen) atoms. The summed E-state index contributed by atoms with van der Waals surface area (Å²) in [5.41, 5.74) is 2.54. The van der Waals surface area contributed by atoms with Crippen LogP contribution in [0, 0.1) is 12.3 Å². The minimum absolute atomic E-state index is 0.0207. The number of para-hydroxylation sites is 1. The number of carbonyl (C=O) groups excluding carboxylic acids is 4. The number of amides is 2. The number of Topliss-reactive ketones (excluding diaryl/α,β-unsaturated/α-hetero) is 1. The molecule has 0 radical (unpaired) electrons. The maximum absolute atomic E-state index is 11.9. The van der Waals surface area contributed by atoms with Crippen LogP contribution in [-0.2, 0) is 23.9 Å². The number of ether oxygens (including phenoxy) is 1. The Balaban J connectivity index is 0.000000442. The number of hydrogen-bond acceptors (Lipinski definition) is 6. The number of esters is 1. The summed E-state index contributed by atoms with van der Waals surface area (Å²) in [5, 5.41) is 12.7. The molecule has 1 atom stereocenters. The summed E-state index contributed by atoms with van der Waals surface area (Å²) in [5.74, 6) is -2.60. The van der Waals surface area contributed by atoms with Crippen molar-refractivity contribution in [2.45, 2.75) is 50.6 Å². The van der Waals surface area contributed by atoms with Gasteiger partial charge in [0.2, 0.25) is 5.91 Å². The molecule has 2 rings (SSSR count). The summed E-state index contributed by atoms with van der Waals surface area (Å²) in [4.78, 5) is 47.8. The highest BCUT2D eigenvalue weighted by molar-refractivity contribution is 6.53. The first kappa shape index (κ1) is 28.1. The van der Waals surface area contributed by atoms with Crippen LogP contribution in [0.4, 0.5) is 0 Å². The van der Waals surface area contributed by atoms with Crippen molar-refractivity contribution in [3.8, 4) is 0 Å². The van der Waals surface area contributed by atoms with Crippen molar-refractivity contribution in [1.29, 1.82) is 5.41 Å². The van der Waals surface area contributed by atoms with Gasteiger partial charge < -0.3 is 25.8 Å². The molecule has 0 aliphatic rings. The molecule has 4 N–H and O–H groups in total. The molecule has 9 nitrogen and oxygen atoms in total. The third kappa shape index (κ3) is 10.5. The first-order valence-electron chi connectivity index (χ1n) is 10.2. The average molecular weight is 499 g/mol. The largest absolute Gasteiger partial charge is 0.461 e. The number of aryl methyl sites for hydroxylation is 1. The molecule has 0 aliphatic carbocycles. The van der Waals surface area contributed by atoms with Crippen molar-refractivity contribution in [1.82, 2.24) is 15.6 Å². The number of halogens is 2. The number of alkyl halides is 2. The van der Waals surface area contributed by atoms with Crippen LogP contribution in [-0.4, -0.2) is 58.3 Å². The Kier molecular flexibility index (Phi) is 12.2. The summed E-state index contributed by atoms with van der Waals surface area (Å²) in [7, 11) is 0. The fraction of sp³-hybridized carbons (Fsp3) is 0.409. The maximum Gasteiger partial charge on any atom is 0.328 e. The van der Waals surface area contributed by atoms with Gasteiger partial charge in [-0.15, -0.1) is 0 Å². The lowest BCUT2D eigenvalue weighted by Gasteiger charge is -2.19. The highest BCUT2D eigenvalue weighted by atomic mass is 35.5. The summed E-state index contributed by atoms with van der Waals surface area (Å²) in [6.07, 6.45) is 2.15. The minimum atomic E-state index is -1.31. The van der Waals surface area contributed by atoms with E-state index in [0.717, 1.165) is 0 Å². The molecule has 11 heteroatoms. The van der Waals surface area contributed by atoms with Gasteiger partial charge in [-0.2, -0.15) is 0 Å². The Morgan fingerprint density at radius 1 is 1.18 bits per heavy atom. The maximum atomic E-state index is 11.9. The van der Waals surface area contributed by atoms with E-state index < -0.39 is 47.1 Å². The quantitative estimate of drug-likeness (QED) is 0.226. The predicted octanol–water partition coefficient (Wildman–Crippen LogP) is 2.82. The van der Waals surface area contributed by atoms with Crippen LogP contribution >= 0.6 is 23.2 Å². The Morgan fingerprint density at radius 2 is 1.85 bits per heavy atom. The Morgan fingerprint density at radius 3 is 2.42 bits per heavy atom. The zero-order valence-electron chi connectivity index (χ0n) is 18.6. The third-order valence-electron chi connectivity index (χ3n) is 4.23. The third-order valence-corrected chi connectivity index (χ3v) is 4.63. The molecular weight excluding hydrogens is 471 g/mol. The van der Waals surface area contributed by atoms with Crippen molar-refractivity contribution in [3.05, 3.63) is 36.0 Å². The zero-order valence-corrected chi connectivity index (χ0v) is 20.1. The lowest BCUT2D eigenvalue weighted by atomic mass is 10.1. The van der Waals surface area contributed by atoms with Crippen molar-refractivity contribution >= 4 is 63.9 Å². The molecule has 1 aromatic carbocycles. The van der Waals surface area contributed by atoms with Gasteiger partial charge in [-0.3, -0.25) is 14.4 Å². The van der Waals surface area contributed by atoms with Gasteiger partial charge in [0.15, 0.2) is 10.6 Å². The Hall–Kier alpha value is -2.91. The second-order valence-corrected chi connectivity index (χ2v) is 8.39. The van der Waals surface area contributed by atoms with E-state index in [-0.39, 0.29) is 12.8 Å². The smallest absolute Gasteiger partial charge is 0.328 e. The number of fused-ring (bicyclic) bond motifs is 1. The monoisotopic (exact) mass is 498 g/mol. The van der Waals surface area contributed by atoms with E-state index in [0.29, 0.717) is 6.21 Å². The molecule has 0 spiro atoms. The van der Waals surface area contributed by atoms with Crippen molar-refractivity contribution in [2.24, 2.45) is 0 Å². The van der Waals surface area contributed by atoms with Gasteiger partial charge in [0.05, 0.1) is 18.9 Å². The molecular formula is C22H28Cl2N4O5. The number of ketones is 1. The second kappa shape index (κ2) is 14.3. The van der Waals surface area contributed by atoms with Gasteiger partial charge in [0.1, 0.15) is 6.04 Å². The van der Waals surface area contributed by atoms with Crippen LogP contribution in [0.25, 0.3) is 10.9 Å². The van der Waals surface area contributed by atoms with E-state index in [2.05, 4.69) is 40.7 Å². The lowest BCUT2D eigenvalue weighted by molar-refractivity contribution is -0.151. The number of nitrogens with one attached hydrogen (secondary N) is 4. The highest BCUT2D eigenvalue weighted by Crippen LogP contribution is 2.15. The molecule has 1 heterocycles. The standard InChI is InChI=1S/C13H19Cl2N3O5.C9H9N/c1-7(2)23-13(22)9(4-3-8(19)5-16)18-10(20)6-17-12(21)11(14)15;1-7-6-10-9-5-3-2-4-8(7)9/h5,7,9,11,16H,3-4,6H2,1-2H3,(H,17,21)(H,18,20);2-6,10H,1H3. The fourth-order valence-electron chi connectivity index (χ4n) is 2.63. The van der Waals surface area contributed by atoms with Gasteiger partial charge in [0, 0.05) is 23.5 Å². The van der Waals surface area contributed by atoms with Gasteiger partial charge >= 0.3 is 5.97 Å². The summed E-state index contributed by atoms with van der Waals surface area (Å²) < 4.78 is 4.99. The van der Waals surface area contributed by atoms with Crippen LogP contribution in [0.15, 0.2) is 30.5 Å². The zero-order chi connectivity index (χ0) is 25.0. The van der Waals surface area contributed by atoms with Crippen molar-refractivity contribution in [2.75, 3.05) is 6.54 Å². The molecule has 1 aromatic heterocycles. The molecule has 0 fully saturated rings. The molecule has 0 aliphatic heterocycles. The summed E-state index contributed by atoms with van der Waals surface area (Å²) >= 11 is 10.6. The van der Waals surface area contributed by atoms with Crippen LogP contribution < -0.4 is 10.6 Å². The SMILES string of the molecule is CC(C)OC(=O)C(CCC(=O)C=N)NC(=O)CNC(=O)C(Cl)Cl.Cc1c[nH]c2ccccc12. The van der Waals surface area contributed by atoms with E-state index in [1.807, 2.05) is 12.3 Å². The van der Waals surface area contributed by atoms with E-state index in [4.69, 9.17) is 33.3 Å². The summed E-state index contributed by atoms with van der Waals surface area (Å²) in [6.45, 7) is 4.96. The van der Waals surface area contributed by atoms with Gasteiger partial charge in [-0.1, -0.05) is 41.4 Å². The molecule has 1 unspecified atom stereocenters. The molecule has 2 amide bonds. The topological polar surface area (TPSA) is 141 Å². The van der Waals surface area contributed by atoms with Gasteiger partial charge in [-0.25, -0.2) is 4.79 Å². The molecule has 180 valence electrons. The van der Waals surface area contributed by atoms with Crippen LogP contribution in [0.2, 0.25) is 0 Å². The Labute approximate surface area is 202 Å². The van der Waals surface area contributed by atoms with E-state index in [1.165, 1.54) is 16.5 Å². The number of H-pyrrole nitrogens is 1. The number of aromatic nitrogens is 1. The molecule has 2 aromatic rings. The number of rotatable bonds is 10. The number of aromatic amines is 1. The average Bonchev–Trinajstić information content (AvgIpc) is 3.15. The molecule has 0 bridgehead atoms. The predicted molar refractivity (Wildman–Crippen MR) is 128 cm³/mol. The number of hydrogen-bond donors (Lipinski definition) is 4. The van der Waals surface area contributed by atoms with Crippen LogP contribution in [0.3, 0.4) is 0 Å². The second-order valence-electron chi connectivity index (χ2n) is 7.29. The normalized spacial score (nSPS) is 11.4. The molecule has 0 saturated heterocycles. The van der Waals surface area contributed by atoms with Crippen molar-refractivity contribution < 1.29 is 23.9 Å². The van der Waals surface area contributed by atoms with Crippen LogP contribution in [0.1, 0.15) is 32.3 Å². The first-order chi connectivity index (χ1) is 15.5. The number of benzene rings is 1. The molecule has 0 saturated carbocycles. The van der Waals surface area contributed by atoms with Gasteiger partial charge in [0.25, 0.3) is 5.91 Å². The summed E-state index contributed by atoms with van der Waals surface area (Å²) in [6, 6.07) is 7.25. The van der Waals surface area contributed by atoms with Crippen LogP contribution in [0.5, 0.6) is 0 Å².